The lowest BCUT2D eigenvalue weighted by atomic mass is 10.1. The first-order chi connectivity index (χ1) is 20.0. The van der Waals surface area contributed by atoms with E-state index in [1.807, 2.05) is 0 Å². The standard InChI is InChI=1S/C32H39BrN4O7/c1-17-13-14-23(41-29(40)44-32(10,11)12)18(2)24(17)36-25-20(15-22(33)19(3)35-25)21(16-34)26(36)37(27(38)42-30(4,5)6)28(39)43-31(7,8)9/h13-15H,1-12H3. The Morgan fingerprint density at radius 2 is 1.41 bits per heavy atom. The molecule has 0 spiro atoms. The monoisotopic (exact) mass is 670 g/mol. The van der Waals surface area contributed by atoms with Gasteiger partial charge in [-0.15, -0.1) is 0 Å². The molecule has 1 aromatic carbocycles. The summed E-state index contributed by atoms with van der Waals surface area (Å²) >= 11 is 3.49. The molecule has 3 aromatic rings. The van der Waals surface area contributed by atoms with Crippen molar-refractivity contribution in [1.29, 1.82) is 5.26 Å². The van der Waals surface area contributed by atoms with Crippen molar-refractivity contribution in [2.75, 3.05) is 4.90 Å². The van der Waals surface area contributed by atoms with Crippen molar-refractivity contribution in [2.24, 2.45) is 0 Å². The zero-order chi connectivity index (χ0) is 33.5. The fourth-order valence-corrected chi connectivity index (χ4v) is 4.60. The quantitative estimate of drug-likeness (QED) is 0.153. The third-order valence-electron chi connectivity index (χ3n) is 5.91. The second-order valence-electron chi connectivity index (χ2n) is 13.3. The highest BCUT2D eigenvalue weighted by Gasteiger charge is 2.39. The average molecular weight is 672 g/mol. The molecule has 2 heterocycles. The van der Waals surface area contributed by atoms with E-state index in [0.29, 0.717) is 37.3 Å². The van der Waals surface area contributed by atoms with Crippen LogP contribution in [0.3, 0.4) is 0 Å². The SMILES string of the molecule is Cc1ccc(OC(=O)OC(C)(C)C)c(C)c1-n1c(N(C(=O)OC(C)(C)C)C(=O)OC(C)(C)C)c(C#N)c2cc(Br)c(C)nc21. The maximum atomic E-state index is 13.8. The van der Waals surface area contributed by atoms with E-state index in [1.54, 1.807) is 101 Å². The molecule has 44 heavy (non-hydrogen) atoms. The Balaban J connectivity index is 2.49. The Bertz CT molecular complexity index is 1650. The van der Waals surface area contributed by atoms with Gasteiger partial charge in [0.15, 0.2) is 5.82 Å². The summed E-state index contributed by atoms with van der Waals surface area (Å²) in [5.41, 5.74) is -0.412. The van der Waals surface area contributed by atoms with Crippen molar-refractivity contribution in [3.8, 4) is 17.5 Å². The molecule has 0 bridgehead atoms. The van der Waals surface area contributed by atoms with Gasteiger partial charge in [0.25, 0.3) is 0 Å². The number of anilines is 1. The lowest BCUT2D eigenvalue weighted by Crippen LogP contribution is -2.45. The summed E-state index contributed by atoms with van der Waals surface area (Å²) in [6, 6.07) is 7.18. The lowest BCUT2D eigenvalue weighted by molar-refractivity contribution is 0.0203. The molecule has 0 saturated heterocycles. The minimum atomic E-state index is -1.06. The van der Waals surface area contributed by atoms with E-state index >= 15 is 0 Å². The highest BCUT2D eigenvalue weighted by atomic mass is 79.9. The lowest BCUT2D eigenvalue weighted by Gasteiger charge is -2.29. The van der Waals surface area contributed by atoms with Gasteiger partial charge in [0.2, 0.25) is 0 Å². The van der Waals surface area contributed by atoms with Crippen LogP contribution in [0.15, 0.2) is 22.7 Å². The average Bonchev–Trinajstić information content (AvgIpc) is 3.10. The number of pyridine rings is 1. The largest absolute Gasteiger partial charge is 0.514 e. The van der Waals surface area contributed by atoms with Crippen LogP contribution in [-0.2, 0) is 14.2 Å². The number of hydrogen-bond donors (Lipinski definition) is 0. The van der Waals surface area contributed by atoms with Crippen molar-refractivity contribution in [1.82, 2.24) is 9.55 Å². The molecule has 0 aliphatic carbocycles. The van der Waals surface area contributed by atoms with Crippen molar-refractivity contribution < 1.29 is 33.3 Å². The van der Waals surface area contributed by atoms with Crippen molar-refractivity contribution in [3.05, 3.63) is 45.1 Å². The molecule has 0 fully saturated rings. The number of hydrogen-bond acceptors (Lipinski definition) is 9. The molecule has 0 radical (unpaired) electrons. The number of carbonyl (C=O) groups excluding carboxylic acids is 3. The predicted octanol–water partition coefficient (Wildman–Crippen LogP) is 8.58. The Morgan fingerprint density at radius 3 is 1.89 bits per heavy atom. The maximum Gasteiger partial charge on any atom is 0.514 e. The summed E-state index contributed by atoms with van der Waals surface area (Å²) in [7, 11) is 0. The van der Waals surface area contributed by atoms with Crippen LogP contribution in [0.4, 0.5) is 20.2 Å². The highest BCUT2D eigenvalue weighted by Crippen LogP contribution is 2.41. The Morgan fingerprint density at radius 1 is 0.886 bits per heavy atom. The van der Waals surface area contributed by atoms with Gasteiger partial charge in [0.05, 0.1) is 11.4 Å². The first-order valence-corrected chi connectivity index (χ1v) is 14.7. The molecule has 2 amide bonds. The first kappa shape index (κ1) is 34.4. The van der Waals surface area contributed by atoms with Crippen molar-refractivity contribution >= 4 is 51.1 Å². The van der Waals surface area contributed by atoms with Gasteiger partial charge in [0.1, 0.15) is 39.8 Å². The Hall–Kier alpha value is -4.11. The Kier molecular flexibility index (Phi) is 9.47. The van der Waals surface area contributed by atoms with Gasteiger partial charge in [-0.2, -0.15) is 10.2 Å². The summed E-state index contributed by atoms with van der Waals surface area (Å²) in [5.74, 6) is 0.0256. The van der Waals surface area contributed by atoms with Gasteiger partial charge in [-0.1, -0.05) is 6.07 Å². The molecule has 12 heteroatoms. The highest BCUT2D eigenvalue weighted by molar-refractivity contribution is 9.10. The third kappa shape index (κ3) is 7.69. The van der Waals surface area contributed by atoms with Crippen LogP contribution < -0.4 is 9.64 Å². The summed E-state index contributed by atoms with van der Waals surface area (Å²) in [4.78, 5) is 45.8. The van der Waals surface area contributed by atoms with Crippen LogP contribution >= 0.6 is 15.9 Å². The molecular formula is C32H39BrN4O7. The number of ether oxygens (including phenoxy) is 4. The molecule has 2 aromatic heterocycles. The van der Waals surface area contributed by atoms with E-state index in [-0.39, 0.29) is 22.8 Å². The minimum absolute atomic E-state index is 0.0258. The van der Waals surface area contributed by atoms with Crippen LogP contribution in [0.5, 0.6) is 5.75 Å². The molecule has 0 aliphatic rings. The fraction of sp³-hybridized carbons (Fsp3) is 0.469. The van der Waals surface area contributed by atoms with Crippen LogP contribution in [0.1, 0.15) is 84.7 Å². The minimum Gasteiger partial charge on any atom is -0.443 e. The maximum absolute atomic E-state index is 13.8. The number of amides is 2. The molecule has 0 saturated carbocycles. The topological polar surface area (TPSA) is 133 Å². The zero-order valence-corrected chi connectivity index (χ0v) is 28.8. The van der Waals surface area contributed by atoms with Crippen LogP contribution in [0.2, 0.25) is 0 Å². The van der Waals surface area contributed by atoms with Crippen LogP contribution in [0.25, 0.3) is 16.7 Å². The number of nitrogens with zero attached hydrogens (tertiary/aromatic N) is 4. The molecule has 0 aliphatic heterocycles. The number of aromatic nitrogens is 2. The van der Waals surface area contributed by atoms with Crippen LogP contribution in [0, 0.1) is 32.1 Å². The number of nitriles is 1. The van der Waals surface area contributed by atoms with Crippen molar-refractivity contribution in [3.63, 3.8) is 0 Å². The number of carbonyl (C=O) groups is 3. The summed E-state index contributed by atoms with van der Waals surface area (Å²) in [5, 5.41) is 10.9. The van der Waals surface area contributed by atoms with Gasteiger partial charge in [-0.25, -0.2) is 19.4 Å². The molecule has 3 rings (SSSR count). The van der Waals surface area contributed by atoms with Gasteiger partial charge >= 0.3 is 18.3 Å². The van der Waals surface area contributed by atoms with Crippen molar-refractivity contribution in [2.45, 2.75) is 99.9 Å². The van der Waals surface area contributed by atoms with Gasteiger partial charge in [-0.05, 0) is 117 Å². The number of imide groups is 1. The molecule has 0 unspecified atom stereocenters. The second-order valence-corrected chi connectivity index (χ2v) is 14.1. The number of halogens is 1. The molecule has 11 nitrogen and oxygen atoms in total. The summed E-state index contributed by atoms with van der Waals surface area (Å²) < 4.78 is 24.4. The van der Waals surface area contributed by atoms with Gasteiger partial charge in [-0.3, -0.25) is 4.57 Å². The van der Waals surface area contributed by atoms with Gasteiger partial charge in [0, 0.05) is 15.4 Å². The normalized spacial score (nSPS) is 12.0. The van der Waals surface area contributed by atoms with E-state index < -0.39 is 35.1 Å². The van der Waals surface area contributed by atoms with E-state index in [0.717, 1.165) is 0 Å². The van der Waals surface area contributed by atoms with E-state index in [1.165, 1.54) is 4.57 Å². The van der Waals surface area contributed by atoms with Gasteiger partial charge < -0.3 is 18.9 Å². The Labute approximate surface area is 266 Å². The smallest absolute Gasteiger partial charge is 0.443 e. The second kappa shape index (κ2) is 12.1. The van der Waals surface area contributed by atoms with E-state index in [9.17, 15) is 19.6 Å². The van der Waals surface area contributed by atoms with Crippen LogP contribution in [-0.4, -0.2) is 44.7 Å². The van der Waals surface area contributed by atoms with E-state index in [4.69, 9.17) is 23.9 Å². The molecule has 236 valence electrons. The first-order valence-electron chi connectivity index (χ1n) is 13.9. The summed E-state index contributed by atoms with van der Waals surface area (Å²) in [6.07, 6.45) is -3.02. The molecule has 0 atom stereocenters. The number of fused-ring (bicyclic) bond motifs is 1. The third-order valence-corrected chi connectivity index (χ3v) is 6.72. The predicted molar refractivity (Wildman–Crippen MR) is 170 cm³/mol. The number of benzene rings is 1. The number of aryl methyl sites for hydroxylation is 2. The fourth-order valence-electron chi connectivity index (χ4n) is 4.28. The van der Waals surface area contributed by atoms with E-state index in [2.05, 4.69) is 22.0 Å². The molecule has 0 N–H and O–H groups in total. The summed E-state index contributed by atoms with van der Waals surface area (Å²) in [6.45, 7) is 20.4. The zero-order valence-electron chi connectivity index (χ0n) is 27.3. The molecular weight excluding hydrogens is 632 g/mol. The number of rotatable bonds is 3.